The highest BCUT2D eigenvalue weighted by atomic mass is 32.1. The van der Waals surface area contributed by atoms with Crippen LogP contribution in [0.2, 0.25) is 0 Å². The fourth-order valence-corrected chi connectivity index (χ4v) is 5.58. The van der Waals surface area contributed by atoms with Gasteiger partial charge in [0.1, 0.15) is 12.4 Å². The molecule has 2 bridgehead atoms. The Morgan fingerprint density at radius 3 is 2.66 bits per heavy atom. The molecule has 0 aliphatic carbocycles. The summed E-state index contributed by atoms with van der Waals surface area (Å²) >= 11 is 1.50. The number of thiophene rings is 1. The van der Waals surface area contributed by atoms with Gasteiger partial charge in [0.15, 0.2) is 0 Å². The minimum atomic E-state index is 0.0564. The molecular formula is C24H26N2O2S. The van der Waals surface area contributed by atoms with Crippen molar-refractivity contribution in [2.24, 2.45) is 0 Å². The summed E-state index contributed by atoms with van der Waals surface area (Å²) in [5.41, 5.74) is 1.04. The zero-order chi connectivity index (χ0) is 19.8. The van der Waals surface area contributed by atoms with Gasteiger partial charge in [-0.05, 0) is 67.1 Å². The minimum absolute atomic E-state index is 0.0564. The Bertz CT molecular complexity index is 1020. The second-order valence-corrected chi connectivity index (χ2v) is 9.22. The topological polar surface area (TPSA) is 41.6 Å². The second-order valence-electron chi connectivity index (χ2n) is 8.31. The molecule has 3 heterocycles. The van der Waals surface area contributed by atoms with Crippen molar-refractivity contribution >= 4 is 28.0 Å². The number of ether oxygens (including phenoxy) is 1. The second kappa shape index (κ2) is 7.81. The van der Waals surface area contributed by atoms with E-state index in [1.807, 2.05) is 29.6 Å². The molecule has 29 heavy (non-hydrogen) atoms. The lowest BCUT2D eigenvalue weighted by atomic mass is 9.98. The van der Waals surface area contributed by atoms with Crippen molar-refractivity contribution in [1.82, 2.24) is 10.2 Å². The average molecular weight is 407 g/mol. The van der Waals surface area contributed by atoms with Gasteiger partial charge in [-0.1, -0.05) is 30.3 Å². The molecule has 2 fully saturated rings. The van der Waals surface area contributed by atoms with Crippen LogP contribution in [0.5, 0.6) is 5.75 Å². The third kappa shape index (κ3) is 3.89. The van der Waals surface area contributed by atoms with Gasteiger partial charge >= 0.3 is 0 Å². The normalized spacial score (nSPS) is 24.0. The van der Waals surface area contributed by atoms with Crippen molar-refractivity contribution in [3.05, 3.63) is 64.4 Å². The molecule has 2 saturated heterocycles. The molecule has 2 unspecified atom stereocenters. The predicted molar refractivity (Wildman–Crippen MR) is 118 cm³/mol. The molecule has 2 atom stereocenters. The Kier molecular flexibility index (Phi) is 5.02. The van der Waals surface area contributed by atoms with Crippen molar-refractivity contribution in [3.8, 4) is 5.75 Å². The Morgan fingerprint density at radius 2 is 1.86 bits per heavy atom. The van der Waals surface area contributed by atoms with Gasteiger partial charge in [-0.3, -0.25) is 4.79 Å². The van der Waals surface area contributed by atoms with Crippen LogP contribution in [-0.2, 0) is 6.61 Å². The quantitative estimate of drug-likeness (QED) is 0.659. The maximum absolute atomic E-state index is 12.7. The average Bonchev–Trinajstić information content (AvgIpc) is 3.28. The lowest BCUT2D eigenvalue weighted by Crippen LogP contribution is -2.48. The zero-order valence-electron chi connectivity index (χ0n) is 16.6. The number of rotatable bonds is 5. The van der Waals surface area contributed by atoms with Crippen LogP contribution >= 0.6 is 11.3 Å². The van der Waals surface area contributed by atoms with E-state index in [1.54, 1.807) is 0 Å². The number of carbonyl (C=O) groups excluding carboxylic acids is 1. The lowest BCUT2D eigenvalue weighted by molar-refractivity contribution is 0.0886. The first-order valence-corrected chi connectivity index (χ1v) is 11.3. The van der Waals surface area contributed by atoms with E-state index in [9.17, 15) is 4.79 Å². The van der Waals surface area contributed by atoms with Crippen LogP contribution in [0.1, 0.15) is 40.9 Å². The highest BCUT2D eigenvalue weighted by Gasteiger charge is 2.38. The molecule has 2 aliphatic heterocycles. The molecule has 4 nitrogen and oxygen atoms in total. The number of nitrogens with one attached hydrogen (secondary N) is 1. The molecule has 0 radical (unpaired) electrons. The van der Waals surface area contributed by atoms with Crippen LogP contribution in [0.4, 0.5) is 0 Å². The Morgan fingerprint density at radius 1 is 1.10 bits per heavy atom. The summed E-state index contributed by atoms with van der Waals surface area (Å²) in [6.07, 6.45) is 4.68. The zero-order valence-corrected chi connectivity index (χ0v) is 17.5. The van der Waals surface area contributed by atoms with Crippen LogP contribution in [0.15, 0.2) is 53.9 Å². The van der Waals surface area contributed by atoms with E-state index in [-0.39, 0.29) is 5.91 Å². The van der Waals surface area contributed by atoms with Gasteiger partial charge in [0.25, 0.3) is 5.91 Å². The first-order chi connectivity index (χ1) is 14.2. The molecule has 1 N–H and O–H groups in total. The van der Waals surface area contributed by atoms with Gasteiger partial charge in [-0.2, -0.15) is 0 Å². The number of carbonyl (C=O) groups is 1. The molecule has 150 valence electrons. The first-order valence-electron chi connectivity index (χ1n) is 10.4. The third-order valence-corrected chi connectivity index (χ3v) is 7.42. The summed E-state index contributed by atoms with van der Waals surface area (Å²) in [6.45, 7) is 0.473. The van der Waals surface area contributed by atoms with E-state index in [0.717, 1.165) is 29.0 Å². The molecule has 5 rings (SSSR count). The van der Waals surface area contributed by atoms with E-state index >= 15 is 0 Å². The van der Waals surface area contributed by atoms with Crippen molar-refractivity contribution in [2.75, 3.05) is 7.05 Å². The van der Waals surface area contributed by atoms with Gasteiger partial charge in [-0.15, -0.1) is 11.3 Å². The molecule has 2 aliphatic rings. The lowest BCUT2D eigenvalue weighted by Gasteiger charge is -2.36. The molecule has 2 aromatic carbocycles. The number of piperidine rings is 1. The molecule has 5 heteroatoms. The molecule has 1 amide bonds. The Balaban J connectivity index is 1.18. The maximum Gasteiger partial charge on any atom is 0.261 e. The number of benzene rings is 2. The minimum Gasteiger partial charge on any atom is -0.489 e. The van der Waals surface area contributed by atoms with Gasteiger partial charge in [0, 0.05) is 23.7 Å². The monoisotopic (exact) mass is 406 g/mol. The van der Waals surface area contributed by atoms with Crippen molar-refractivity contribution in [1.29, 1.82) is 0 Å². The third-order valence-electron chi connectivity index (χ3n) is 6.44. The van der Waals surface area contributed by atoms with Crippen molar-refractivity contribution in [2.45, 2.75) is 50.4 Å². The summed E-state index contributed by atoms with van der Waals surface area (Å²) in [7, 11) is 2.22. The van der Waals surface area contributed by atoms with Gasteiger partial charge < -0.3 is 15.0 Å². The van der Waals surface area contributed by atoms with E-state index in [4.69, 9.17) is 4.74 Å². The summed E-state index contributed by atoms with van der Waals surface area (Å²) in [6, 6.07) is 17.9. The fourth-order valence-electron chi connectivity index (χ4n) is 4.78. The van der Waals surface area contributed by atoms with Crippen molar-refractivity contribution < 1.29 is 9.53 Å². The van der Waals surface area contributed by atoms with E-state index in [1.165, 1.54) is 35.0 Å². The van der Waals surface area contributed by atoms with Gasteiger partial charge in [-0.25, -0.2) is 0 Å². The molecule has 0 saturated carbocycles. The van der Waals surface area contributed by atoms with Crippen molar-refractivity contribution in [3.63, 3.8) is 0 Å². The highest BCUT2D eigenvalue weighted by molar-refractivity contribution is 7.12. The van der Waals surface area contributed by atoms with E-state index < -0.39 is 0 Å². The standard InChI is InChI=1S/C24H26N2O2S/c1-26-20-7-8-21(26)13-19(12-20)25-24(27)23-10-16(15-29-23)14-28-22-9-6-17-4-2-3-5-18(17)11-22/h2-6,9-11,15,19-21H,7-8,12-14H2,1H3,(H,25,27). The smallest absolute Gasteiger partial charge is 0.261 e. The molecular weight excluding hydrogens is 380 g/mol. The summed E-state index contributed by atoms with van der Waals surface area (Å²) in [5, 5.41) is 7.66. The number of fused-ring (bicyclic) bond motifs is 3. The maximum atomic E-state index is 12.7. The number of amides is 1. The van der Waals surface area contributed by atoms with E-state index in [0.29, 0.717) is 24.7 Å². The Labute approximate surface area is 175 Å². The van der Waals surface area contributed by atoms with Gasteiger partial charge in [0.05, 0.1) is 4.88 Å². The summed E-state index contributed by atoms with van der Waals surface area (Å²) in [4.78, 5) is 16.0. The first kappa shape index (κ1) is 18.6. The SMILES string of the molecule is CN1C2CCC1CC(NC(=O)c1cc(COc3ccc4ccccc4c3)cs1)C2. The van der Waals surface area contributed by atoms with Crippen LogP contribution < -0.4 is 10.1 Å². The van der Waals surface area contributed by atoms with Gasteiger partial charge in [0.2, 0.25) is 0 Å². The Hall–Kier alpha value is -2.37. The van der Waals surface area contributed by atoms with E-state index in [2.05, 4.69) is 41.5 Å². The van der Waals surface area contributed by atoms with Crippen LogP contribution in [0.3, 0.4) is 0 Å². The summed E-state index contributed by atoms with van der Waals surface area (Å²) in [5.74, 6) is 0.906. The number of hydrogen-bond donors (Lipinski definition) is 1. The van der Waals surface area contributed by atoms with Crippen LogP contribution in [0, 0.1) is 0 Å². The highest BCUT2D eigenvalue weighted by Crippen LogP contribution is 2.34. The summed E-state index contributed by atoms with van der Waals surface area (Å²) < 4.78 is 5.96. The largest absolute Gasteiger partial charge is 0.489 e. The predicted octanol–water partition coefficient (Wildman–Crippen LogP) is 4.84. The molecule has 0 spiro atoms. The molecule has 1 aromatic heterocycles. The number of nitrogens with zero attached hydrogens (tertiary/aromatic N) is 1. The molecule has 3 aromatic rings. The fraction of sp³-hybridized carbons (Fsp3) is 0.375. The van der Waals surface area contributed by atoms with Crippen LogP contribution in [0.25, 0.3) is 10.8 Å². The number of hydrogen-bond acceptors (Lipinski definition) is 4. The van der Waals surface area contributed by atoms with Crippen LogP contribution in [-0.4, -0.2) is 36.0 Å².